The molecule has 29 heavy (non-hydrogen) atoms. The Morgan fingerprint density at radius 1 is 1.00 bits per heavy atom. The maximum absolute atomic E-state index is 12.8. The van der Waals surface area contributed by atoms with Gasteiger partial charge in [0.05, 0.1) is 18.8 Å². The minimum Gasteiger partial charge on any atom is -0.379 e. The molecule has 9 heteroatoms. The van der Waals surface area contributed by atoms with Gasteiger partial charge in [0, 0.05) is 70.9 Å². The van der Waals surface area contributed by atoms with Crippen LogP contribution in [0.3, 0.4) is 0 Å². The summed E-state index contributed by atoms with van der Waals surface area (Å²) in [7, 11) is 0. The number of carbonyl (C=O) groups excluding carboxylic acids is 1. The molecule has 1 N–H and O–H groups in total. The quantitative estimate of drug-likeness (QED) is 0.758. The van der Waals surface area contributed by atoms with Gasteiger partial charge >= 0.3 is 0 Å². The highest BCUT2D eigenvalue weighted by molar-refractivity contribution is 5.94. The lowest BCUT2D eigenvalue weighted by Crippen LogP contribution is -2.49. The van der Waals surface area contributed by atoms with Crippen LogP contribution in [0.5, 0.6) is 0 Å². The van der Waals surface area contributed by atoms with Crippen LogP contribution in [0.4, 0.5) is 11.8 Å². The van der Waals surface area contributed by atoms with Crippen LogP contribution in [0.25, 0.3) is 0 Å². The molecule has 4 rings (SSSR count). The monoisotopic (exact) mass is 397 g/mol. The van der Waals surface area contributed by atoms with Crippen LogP contribution in [0, 0.1) is 0 Å². The molecule has 154 valence electrons. The molecule has 0 radical (unpaired) electrons. The zero-order valence-corrected chi connectivity index (χ0v) is 16.5. The molecule has 2 aromatic rings. The number of hydrogen-bond acceptors (Lipinski definition) is 8. The van der Waals surface area contributed by atoms with E-state index in [-0.39, 0.29) is 5.91 Å². The summed E-state index contributed by atoms with van der Waals surface area (Å²) < 4.78 is 5.36. The molecule has 1 amide bonds. The number of hydrogen-bond donors (Lipinski definition) is 1. The molecule has 2 aliphatic heterocycles. The molecule has 0 unspecified atom stereocenters. The van der Waals surface area contributed by atoms with E-state index in [4.69, 9.17) is 4.74 Å². The summed E-state index contributed by atoms with van der Waals surface area (Å²) in [6.45, 7) is 8.11. The standard InChI is InChI=1S/C20H27N7O2/c28-19(26-8-10-27(11-9-26)20-22-4-1-5-23-20)17-2-3-18(24-16-17)21-6-7-25-12-14-29-15-13-25/h1-5,16H,6-15H2,(H,21,24). The van der Waals surface area contributed by atoms with Gasteiger partial charge in [0.1, 0.15) is 5.82 Å². The predicted octanol–water partition coefficient (Wildman–Crippen LogP) is 0.578. The summed E-state index contributed by atoms with van der Waals surface area (Å²) in [6, 6.07) is 5.52. The second kappa shape index (κ2) is 9.62. The van der Waals surface area contributed by atoms with Crippen LogP contribution in [0.1, 0.15) is 10.4 Å². The van der Waals surface area contributed by atoms with E-state index in [1.807, 2.05) is 17.0 Å². The Morgan fingerprint density at radius 2 is 1.76 bits per heavy atom. The lowest BCUT2D eigenvalue weighted by Gasteiger charge is -2.34. The van der Waals surface area contributed by atoms with E-state index in [9.17, 15) is 4.79 Å². The van der Waals surface area contributed by atoms with Crippen molar-refractivity contribution in [3.8, 4) is 0 Å². The smallest absolute Gasteiger partial charge is 0.255 e. The lowest BCUT2D eigenvalue weighted by molar-refractivity contribution is 0.0398. The zero-order chi connectivity index (χ0) is 19.9. The van der Waals surface area contributed by atoms with E-state index in [1.165, 1.54) is 0 Å². The average molecular weight is 397 g/mol. The van der Waals surface area contributed by atoms with Crippen LogP contribution < -0.4 is 10.2 Å². The molecule has 4 heterocycles. The highest BCUT2D eigenvalue weighted by Gasteiger charge is 2.23. The van der Waals surface area contributed by atoms with Crippen LogP contribution in [-0.2, 0) is 4.74 Å². The summed E-state index contributed by atoms with van der Waals surface area (Å²) in [5.41, 5.74) is 0.619. The number of amides is 1. The van der Waals surface area contributed by atoms with Gasteiger partial charge in [-0.05, 0) is 18.2 Å². The third kappa shape index (κ3) is 5.18. The molecule has 2 aromatic heterocycles. The average Bonchev–Trinajstić information content (AvgIpc) is 2.80. The molecule has 2 aliphatic rings. The number of morpholine rings is 1. The first-order valence-electron chi connectivity index (χ1n) is 10.1. The zero-order valence-electron chi connectivity index (χ0n) is 16.5. The minimum atomic E-state index is 0.0194. The normalized spacial score (nSPS) is 17.9. The first-order valence-corrected chi connectivity index (χ1v) is 10.1. The number of piperazine rings is 1. The van der Waals surface area contributed by atoms with Gasteiger partial charge in [0.2, 0.25) is 5.95 Å². The van der Waals surface area contributed by atoms with E-state index in [1.54, 1.807) is 24.7 Å². The summed E-state index contributed by atoms with van der Waals surface area (Å²) in [5, 5.41) is 3.32. The van der Waals surface area contributed by atoms with E-state index in [0.717, 1.165) is 58.3 Å². The van der Waals surface area contributed by atoms with E-state index in [2.05, 4.69) is 30.1 Å². The maximum Gasteiger partial charge on any atom is 0.255 e. The van der Waals surface area contributed by atoms with Crippen molar-refractivity contribution in [1.82, 2.24) is 24.8 Å². The van der Waals surface area contributed by atoms with Gasteiger partial charge in [-0.3, -0.25) is 9.69 Å². The molecule has 9 nitrogen and oxygen atoms in total. The van der Waals surface area contributed by atoms with Gasteiger partial charge in [-0.1, -0.05) is 0 Å². The van der Waals surface area contributed by atoms with E-state index < -0.39 is 0 Å². The fourth-order valence-corrected chi connectivity index (χ4v) is 3.54. The first-order chi connectivity index (χ1) is 14.3. The van der Waals surface area contributed by atoms with Crippen molar-refractivity contribution < 1.29 is 9.53 Å². The number of ether oxygens (including phenoxy) is 1. The number of nitrogens with zero attached hydrogens (tertiary/aromatic N) is 6. The Hall–Kier alpha value is -2.78. The van der Waals surface area contributed by atoms with Crippen molar-refractivity contribution in [1.29, 1.82) is 0 Å². The van der Waals surface area contributed by atoms with Gasteiger partial charge in [-0.25, -0.2) is 15.0 Å². The molecular formula is C20H27N7O2. The Bertz CT molecular complexity index is 773. The first kappa shape index (κ1) is 19.5. The molecule has 0 saturated carbocycles. The molecule has 0 aliphatic carbocycles. The number of carbonyl (C=O) groups is 1. The molecule has 0 spiro atoms. The Labute approximate surface area is 170 Å². The van der Waals surface area contributed by atoms with Crippen molar-refractivity contribution in [3.63, 3.8) is 0 Å². The minimum absolute atomic E-state index is 0.0194. The van der Waals surface area contributed by atoms with Crippen LogP contribution >= 0.6 is 0 Å². The second-order valence-electron chi connectivity index (χ2n) is 7.14. The molecule has 2 saturated heterocycles. The van der Waals surface area contributed by atoms with Crippen LogP contribution in [-0.4, -0.2) is 96.2 Å². The number of aromatic nitrogens is 3. The molecule has 0 aromatic carbocycles. The fraction of sp³-hybridized carbons (Fsp3) is 0.500. The van der Waals surface area contributed by atoms with E-state index >= 15 is 0 Å². The Morgan fingerprint density at radius 3 is 2.45 bits per heavy atom. The third-order valence-electron chi connectivity index (χ3n) is 5.25. The highest BCUT2D eigenvalue weighted by Crippen LogP contribution is 2.13. The van der Waals surface area contributed by atoms with Gasteiger partial charge in [-0.2, -0.15) is 0 Å². The summed E-state index contributed by atoms with van der Waals surface area (Å²) in [5.74, 6) is 1.53. The number of rotatable bonds is 6. The highest BCUT2D eigenvalue weighted by atomic mass is 16.5. The van der Waals surface area contributed by atoms with Crippen molar-refractivity contribution in [2.24, 2.45) is 0 Å². The van der Waals surface area contributed by atoms with Gasteiger partial charge in [0.25, 0.3) is 5.91 Å². The molecular weight excluding hydrogens is 370 g/mol. The van der Waals surface area contributed by atoms with Crippen molar-refractivity contribution >= 4 is 17.7 Å². The second-order valence-corrected chi connectivity index (χ2v) is 7.14. The Balaban J connectivity index is 1.24. The van der Waals surface area contributed by atoms with Crippen molar-refractivity contribution in [2.75, 3.05) is 75.8 Å². The van der Waals surface area contributed by atoms with Gasteiger partial charge in [0.15, 0.2) is 0 Å². The largest absolute Gasteiger partial charge is 0.379 e. The summed E-state index contributed by atoms with van der Waals surface area (Å²) in [4.78, 5) is 32.1. The molecule has 0 bridgehead atoms. The Kier molecular flexibility index (Phi) is 6.48. The number of nitrogens with one attached hydrogen (secondary N) is 1. The number of anilines is 2. The van der Waals surface area contributed by atoms with Gasteiger partial charge in [-0.15, -0.1) is 0 Å². The maximum atomic E-state index is 12.8. The summed E-state index contributed by atoms with van der Waals surface area (Å²) >= 11 is 0. The molecule has 0 atom stereocenters. The molecule has 2 fully saturated rings. The topological polar surface area (TPSA) is 86.7 Å². The number of pyridine rings is 1. The van der Waals surface area contributed by atoms with Crippen LogP contribution in [0.2, 0.25) is 0 Å². The predicted molar refractivity (Wildman–Crippen MR) is 110 cm³/mol. The third-order valence-corrected chi connectivity index (χ3v) is 5.25. The van der Waals surface area contributed by atoms with Crippen molar-refractivity contribution in [2.45, 2.75) is 0 Å². The summed E-state index contributed by atoms with van der Waals surface area (Å²) in [6.07, 6.45) is 5.14. The van der Waals surface area contributed by atoms with E-state index in [0.29, 0.717) is 24.6 Å². The van der Waals surface area contributed by atoms with Crippen LogP contribution in [0.15, 0.2) is 36.8 Å². The SMILES string of the molecule is O=C(c1ccc(NCCN2CCOCC2)nc1)N1CCN(c2ncccn2)CC1. The van der Waals surface area contributed by atoms with Crippen molar-refractivity contribution in [3.05, 3.63) is 42.4 Å². The lowest BCUT2D eigenvalue weighted by atomic mass is 10.2. The van der Waals surface area contributed by atoms with Gasteiger partial charge < -0.3 is 19.9 Å². The fourth-order valence-electron chi connectivity index (χ4n) is 3.54.